The summed E-state index contributed by atoms with van der Waals surface area (Å²) in [6.07, 6.45) is -0.149. The molecule has 128 valence electrons. The maximum atomic E-state index is 13.3. The van der Waals surface area contributed by atoms with Crippen molar-refractivity contribution < 1.29 is 14.7 Å². The van der Waals surface area contributed by atoms with Gasteiger partial charge in [-0.2, -0.15) is 5.26 Å². The van der Waals surface area contributed by atoms with E-state index in [4.69, 9.17) is 0 Å². The third-order valence-electron chi connectivity index (χ3n) is 4.42. The third kappa shape index (κ3) is 2.89. The Morgan fingerprint density at radius 3 is 2.61 bits per heavy atom. The van der Waals surface area contributed by atoms with Crippen molar-refractivity contribution in [3.63, 3.8) is 0 Å². The summed E-state index contributed by atoms with van der Waals surface area (Å²) < 4.78 is 0. The lowest BCUT2D eigenvalue weighted by molar-refractivity contribution is -0.141. The minimum Gasteiger partial charge on any atom is -0.465 e. The first kappa shape index (κ1) is 17.9. The van der Waals surface area contributed by atoms with Crippen molar-refractivity contribution in [1.82, 2.24) is 9.80 Å². The summed E-state index contributed by atoms with van der Waals surface area (Å²) in [6.45, 7) is 9.44. The van der Waals surface area contributed by atoms with Gasteiger partial charge in [-0.05, 0) is 33.1 Å². The van der Waals surface area contributed by atoms with Gasteiger partial charge in [0.15, 0.2) is 0 Å². The molecular formula is C16H25N3O3S. The van der Waals surface area contributed by atoms with Gasteiger partial charge in [0, 0.05) is 17.7 Å². The van der Waals surface area contributed by atoms with Crippen LogP contribution >= 0.6 is 11.8 Å². The van der Waals surface area contributed by atoms with Crippen molar-refractivity contribution in [1.29, 1.82) is 5.26 Å². The summed E-state index contributed by atoms with van der Waals surface area (Å²) in [5.41, 5.74) is -1.77. The highest BCUT2D eigenvalue weighted by molar-refractivity contribution is 8.00. The largest absolute Gasteiger partial charge is 0.465 e. The first-order valence-electron chi connectivity index (χ1n) is 7.92. The Hall–Kier alpha value is -1.42. The van der Waals surface area contributed by atoms with Crippen molar-refractivity contribution in [3.05, 3.63) is 0 Å². The van der Waals surface area contributed by atoms with Gasteiger partial charge >= 0.3 is 6.09 Å². The fourth-order valence-corrected chi connectivity index (χ4v) is 5.38. The van der Waals surface area contributed by atoms with E-state index in [0.29, 0.717) is 18.6 Å². The summed E-state index contributed by atoms with van der Waals surface area (Å²) in [5.74, 6) is 0.576. The molecule has 0 spiro atoms. The second kappa shape index (κ2) is 5.90. The number of carbonyl (C=O) groups excluding carboxylic acids is 1. The van der Waals surface area contributed by atoms with Crippen LogP contribution in [0.25, 0.3) is 0 Å². The third-order valence-corrected chi connectivity index (χ3v) is 5.71. The van der Waals surface area contributed by atoms with Crippen molar-refractivity contribution in [2.24, 2.45) is 5.92 Å². The molecule has 2 aliphatic rings. The van der Waals surface area contributed by atoms with Crippen LogP contribution in [0.5, 0.6) is 0 Å². The molecule has 0 saturated carbocycles. The topological polar surface area (TPSA) is 84.6 Å². The zero-order valence-electron chi connectivity index (χ0n) is 14.4. The molecule has 2 amide bonds. The Balaban J connectivity index is 2.52. The molecule has 2 rings (SSSR count). The predicted molar refractivity (Wildman–Crippen MR) is 88.9 cm³/mol. The van der Waals surface area contributed by atoms with E-state index >= 15 is 0 Å². The van der Waals surface area contributed by atoms with Gasteiger partial charge in [0.05, 0.1) is 11.4 Å². The first-order valence-corrected chi connectivity index (χ1v) is 8.96. The van der Waals surface area contributed by atoms with Gasteiger partial charge in [-0.25, -0.2) is 4.79 Å². The molecular weight excluding hydrogens is 314 g/mol. The monoisotopic (exact) mass is 339 g/mol. The molecule has 0 aromatic rings. The Morgan fingerprint density at radius 2 is 2.17 bits per heavy atom. The van der Waals surface area contributed by atoms with Crippen LogP contribution in [0.3, 0.4) is 0 Å². The molecule has 3 unspecified atom stereocenters. The van der Waals surface area contributed by atoms with Crippen LogP contribution in [-0.4, -0.2) is 55.2 Å². The zero-order chi connectivity index (χ0) is 17.6. The summed E-state index contributed by atoms with van der Waals surface area (Å²) in [5, 5.41) is 19.0. The summed E-state index contributed by atoms with van der Waals surface area (Å²) in [6, 6.07) is 1.73. The smallest absolute Gasteiger partial charge is 0.408 e. The highest BCUT2D eigenvalue weighted by atomic mass is 32.2. The summed E-state index contributed by atoms with van der Waals surface area (Å²) in [4.78, 5) is 28.2. The number of hydrogen-bond donors (Lipinski definition) is 1. The Kier molecular flexibility index (Phi) is 4.60. The predicted octanol–water partition coefficient (Wildman–Crippen LogP) is 2.75. The maximum absolute atomic E-state index is 13.3. The van der Waals surface area contributed by atoms with Gasteiger partial charge in [0.25, 0.3) is 5.91 Å². The SMILES string of the molecule is CC(C)CC1(N(C(=O)O)C(C)(C)C)CC2SCC(C#N)N2C1=O. The van der Waals surface area contributed by atoms with Gasteiger partial charge in [-0.15, -0.1) is 11.8 Å². The molecule has 3 atom stereocenters. The van der Waals surface area contributed by atoms with Crippen molar-refractivity contribution in [2.75, 3.05) is 5.75 Å². The molecule has 1 N–H and O–H groups in total. The highest BCUT2D eigenvalue weighted by Gasteiger charge is 2.62. The Bertz CT molecular complexity index is 552. The number of fused-ring (bicyclic) bond motifs is 1. The highest BCUT2D eigenvalue weighted by Crippen LogP contribution is 2.48. The molecule has 0 aromatic heterocycles. The zero-order valence-corrected chi connectivity index (χ0v) is 15.2. The number of nitriles is 1. The van der Waals surface area contributed by atoms with E-state index in [2.05, 4.69) is 6.07 Å². The lowest BCUT2D eigenvalue weighted by Gasteiger charge is -2.46. The van der Waals surface area contributed by atoms with Crippen LogP contribution in [0.1, 0.15) is 47.5 Å². The molecule has 23 heavy (non-hydrogen) atoms. The van der Waals surface area contributed by atoms with Crippen LogP contribution in [0.2, 0.25) is 0 Å². The quantitative estimate of drug-likeness (QED) is 0.854. The van der Waals surface area contributed by atoms with Crippen molar-refractivity contribution in [3.8, 4) is 6.07 Å². The Labute approximate surface area is 141 Å². The molecule has 6 nitrogen and oxygen atoms in total. The van der Waals surface area contributed by atoms with Crippen molar-refractivity contribution in [2.45, 2.75) is 70.0 Å². The number of carbonyl (C=O) groups is 2. The molecule has 0 radical (unpaired) electrons. The average Bonchev–Trinajstić information content (AvgIpc) is 2.86. The lowest BCUT2D eigenvalue weighted by Crippen LogP contribution is -2.63. The van der Waals surface area contributed by atoms with E-state index in [-0.39, 0.29) is 17.2 Å². The van der Waals surface area contributed by atoms with Crippen LogP contribution in [-0.2, 0) is 4.79 Å². The average molecular weight is 339 g/mol. The van der Waals surface area contributed by atoms with Crippen LogP contribution < -0.4 is 0 Å². The molecule has 2 heterocycles. The van der Waals surface area contributed by atoms with E-state index in [1.807, 2.05) is 34.6 Å². The number of nitrogens with zero attached hydrogens (tertiary/aromatic N) is 3. The van der Waals surface area contributed by atoms with E-state index in [1.54, 1.807) is 16.7 Å². The van der Waals surface area contributed by atoms with E-state index < -0.39 is 23.2 Å². The standard InChI is InChI=1S/C16H25N3O3S/c1-10(2)6-16(19(14(21)22)15(3,4)5)7-12-18(13(16)20)11(8-17)9-23-12/h10-12H,6-7,9H2,1-5H3,(H,21,22). The van der Waals surface area contributed by atoms with Gasteiger partial charge in [0.1, 0.15) is 11.6 Å². The van der Waals surface area contributed by atoms with Gasteiger partial charge in [-0.3, -0.25) is 9.69 Å². The number of amides is 2. The number of hydrogen-bond acceptors (Lipinski definition) is 4. The van der Waals surface area contributed by atoms with Crippen LogP contribution in [0, 0.1) is 17.2 Å². The molecule has 0 aliphatic carbocycles. The molecule has 2 saturated heterocycles. The number of carboxylic acid groups (broad SMARTS) is 1. The molecule has 2 aliphatic heterocycles. The molecule has 2 fully saturated rings. The van der Waals surface area contributed by atoms with Gasteiger partial charge < -0.3 is 10.0 Å². The second-order valence-electron chi connectivity index (χ2n) is 7.77. The van der Waals surface area contributed by atoms with E-state index in [0.717, 1.165) is 0 Å². The van der Waals surface area contributed by atoms with Gasteiger partial charge in [-0.1, -0.05) is 13.8 Å². The van der Waals surface area contributed by atoms with Crippen LogP contribution in [0.15, 0.2) is 0 Å². The summed E-state index contributed by atoms with van der Waals surface area (Å²) in [7, 11) is 0. The fourth-order valence-electron chi connectivity index (χ4n) is 3.95. The normalized spacial score (nSPS) is 30.5. The number of rotatable bonds is 3. The first-order chi connectivity index (χ1) is 10.5. The fraction of sp³-hybridized carbons (Fsp3) is 0.812. The molecule has 0 bridgehead atoms. The minimum atomic E-state index is -1.08. The molecule has 0 aromatic carbocycles. The van der Waals surface area contributed by atoms with Crippen molar-refractivity contribution >= 4 is 23.8 Å². The van der Waals surface area contributed by atoms with Crippen LogP contribution in [0.4, 0.5) is 4.79 Å². The van der Waals surface area contributed by atoms with E-state index in [9.17, 15) is 20.0 Å². The van der Waals surface area contributed by atoms with Gasteiger partial charge in [0.2, 0.25) is 0 Å². The maximum Gasteiger partial charge on any atom is 0.408 e. The second-order valence-corrected chi connectivity index (χ2v) is 8.98. The molecule has 7 heteroatoms. The summed E-state index contributed by atoms with van der Waals surface area (Å²) >= 11 is 1.58. The lowest BCUT2D eigenvalue weighted by atomic mass is 9.82. The Morgan fingerprint density at radius 1 is 1.57 bits per heavy atom. The number of thioether (sulfide) groups is 1. The minimum absolute atomic E-state index is 0.102. The van der Waals surface area contributed by atoms with E-state index in [1.165, 1.54) is 4.90 Å².